The van der Waals surface area contributed by atoms with Crippen molar-refractivity contribution < 1.29 is 18.4 Å². The number of amides is 3. The maximum Gasteiger partial charge on any atom is 0.320 e. The smallest absolute Gasteiger partial charge is 0.320 e. The summed E-state index contributed by atoms with van der Waals surface area (Å²) in [6.45, 7) is 2.95. The average molecular weight is 371 g/mol. The summed E-state index contributed by atoms with van der Waals surface area (Å²) in [6, 6.07) is 9.87. The zero-order valence-corrected chi connectivity index (χ0v) is 15.0. The molecule has 0 spiro atoms. The highest BCUT2D eigenvalue weighted by atomic mass is 19.1. The first-order valence-electron chi connectivity index (χ1n) is 9.24. The molecule has 2 aliphatic heterocycles. The molecule has 6 nitrogen and oxygen atoms in total. The molecule has 1 aromatic carbocycles. The van der Waals surface area contributed by atoms with Crippen molar-refractivity contribution in [2.45, 2.75) is 25.4 Å². The quantitative estimate of drug-likeness (QED) is 0.830. The second kappa shape index (κ2) is 7.42. The summed E-state index contributed by atoms with van der Waals surface area (Å²) in [5.41, 5.74) is 0.795. The van der Waals surface area contributed by atoms with Crippen molar-refractivity contribution in [2.75, 3.05) is 26.2 Å². The summed E-state index contributed by atoms with van der Waals surface area (Å²) in [5.74, 6) is -0.0319. The Kier molecular flexibility index (Phi) is 4.83. The van der Waals surface area contributed by atoms with Gasteiger partial charge >= 0.3 is 6.03 Å². The number of likely N-dealkylation sites (tertiary alicyclic amines) is 1. The number of carbonyl (C=O) groups is 2. The third-order valence-corrected chi connectivity index (χ3v) is 5.31. The fourth-order valence-electron chi connectivity index (χ4n) is 3.88. The molecule has 0 saturated carbocycles. The van der Waals surface area contributed by atoms with Crippen LogP contribution in [0.4, 0.5) is 9.18 Å². The van der Waals surface area contributed by atoms with Crippen LogP contribution < -0.4 is 0 Å². The molecule has 4 rings (SSSR count). The van der Waals surface area contributed by atoms with Crippen molar-refractivity contribution in [2.24, 2.45) is 0 Å². The molecule has 0 N–H and O–H groups in total. The molecule has 2 fully saturated rings. The first-order chi connectivity index (χ1) is 13.1. The van der Waals surface area contributed by atoms with Crippen LogP contribution >= 0.6 is 0 Å². The first-order valence-corrected chi connectivity index (χ1v) is 9.24. The topological polar surface area (TPSA) is 57.0 Å². The van der Waals surface area contributed by atoms with E-state index in [-0.39, 0.29) is 23.8 Å². The fourth-order valence-corrected chi connectivity index (χ4v) is 3.88. The van der Waals surface area contributed by atoms with Crippen molar-refractivity contribution in [1.29, 1.82) is 0 Å². The van der Waals surface area contributed by atoms with E-state index in [2.05, 4.69) is 0 Å². The monoisotopic (exact) mass is 371 g/mol. The minimum Gasteiger partial charge on any atom is -0.459 e. The Morgan fingerprint density at radius 3 is 2.63 bits per heavy atom. The van der Waals surface area contributed by atoms with Crippen LogP contribution in [-0.2, 0) is 6.54 Å². The van der Waals surface area contributed by atoms with Crippen molar-refractivity contribution in [1.82, 2.24) is 14.7 Å². The molecule has 0 bridgehead atoms. The van der Waals surface area contributed by atoms with Gasteiger partial charge in [-0.15, -0.1) is 0 Å². The highest BCUT2D eigenvalue weighted by Gasteiger charge is 2.36. The van der Waals surface area contributed by atoms with E-state index in [1.165, 1.54) is 18.4 Å². The Bertz CT molecular complexity index is 816. The standard InChI is InChI=1S/C20H22FN3O3/c21-16-4-1-3-15(13-16)14-23-10-11-24(20(23)26)17-6-8-22(9-7-17)19(25)18-5-2-12-27-18/h1-5,12-13,17H,6-11,14H2. The molecule has 0 unspecified atom stereocenters. The van der Waals surface area contributed by atoms with E-state index in [0.29, 0.717) is 38.5 Å². The van der Waals surface area contributed by atoms with Crippen molar-refractivity contribution >= 4 is 11.9 Å². The van der Waals surface area contributed by atoms with Gasteiger partial charge in [-0.05, 0) is 42.7 Å². The lowest BCUT2D eigenvalue weighted by atomic mass is 10.0. The SMILES string of the molecule is O=C(c1ccco1)N1CCC(N2CCN(Cc3cccc(F)c3)C2=O)CC1. The number of benzene rings is 1. The van der Waals surface area contributed by atoms with Crippen LogP contribution in [-0.4, -0.2) is 58.9 Å². The number of nitrogens with zero attached hydrogens (tertiary/aromatic N) is 3. The number of carbonyl (C=O) groups excluding carboxylic acids is 2. The lowest BCUT2D eigenvalue weighted by Gasteiger charge is -2.36. The van der Waals surface area contributed by atoms with Gasteiger partial charge in [-0.3, -0.25) is 4.79 Å². The highest BCUT2D eigenvalue weighted by molar-refractivity contribution is 5.91. The molecule has 2 saturated heterocycles. The molecule has 2 aliphatic rings. The molecule has 7 heteroatoms. The molecule has 1 aromatic heterocycles. The third-order valence-electron chi connectivity index (χ3n) is 5.31. The highest BCUT2D eigenvalue weighted by Crippen LogP contribution is 2.23. The second-order valence-corrected chi connectivity index (χ2v) is 7.03. The Balaban J connectivity index is 1.32. The Morgan fingerprint density at radius 2 is 1.93 bits per heavy atom. The Labute approximate surface area is 157 Å². The summed E-state index contributed by atoms with van der Waals surface area (Å²) in [6.07, 6.45) is 3.01. The third kappa shape index (κ3) is 3.67. The maximum absolute atomic E-state index is 13.4. The number of urea groups is 1. The van der Waals surface area contributed by atoms with Gasteiger partial charge in [-0.1, -0.05) is 12.1 Å². The molecule has 3 amide bonds. The molecule has 27 heavy (non-hydrogen) atoms. The lowest BCUT2D eigenvalue weighted by molar-refractivity contribution is 0.0632. The van der Waals surface area contributed by atoms with Gasteiger partial charge in [-0.2, -0.15) is 0 Å². The summed E-state index contributed by atoms with van der Waals surface area (Å²) < 4.78 is 18.5. The summed E-state index contributed by atoms with van der Waals surface area (Å²) in [5, 5.41) is 0. The van der Waals surface area contributed by atoms with Crippen LogP contribution in [0.5, 0.6) is 0 Å². The molecule has 142 valence electrons. The number of hydrogen-bond donors (Lipinski definition) is 0. The molecule has 3 heterocycles. The lowest BCUT2D eigenvalue weighted by Crippen LogP contribution is -2.48. The van der Waals surface area contributed by atoms with E-state index in [4.69, 9.17) is 4.42 Å². The van der Waals surface area contributed by atoms with Gasteiger partial charge in [0.05, 0.1) is 6.26 Å². The number of piperidine rings is 1. The minimum absolute atomic E-state index is 0.00456. The molecule has 0 radical (unpaired) electrons. The van der Waals surface area contributed by atoms with Crippen LogP contribution in [0.2, 0.25) is 0 Å². The number of hydrogen-bond acceptors (Lipinski definition) is 3. The molecule has 0 aliphatic carbocycles. The summed E-state index contributed by atoms with van der Waals surface area (Å²) in [4.78, 5) is 30.5. The van der Waals surface area contributed by atoms with Crippen molar-refractivity contribution in [3.05, 3.63) is 59.8 Å². The number of furan rings is 1. The van der Waals surface area contributed by atoms with E-state index in [1.54, 1.807) is 28.0 Å². The van der Waals surface area contributed by atoms with E-state index < -0.39 is 0 Å². The maximum atomic E-state index is 13.4. The van der Waals surface area contributed by atoms with Crippen LogP contribution in [0.3, 0.4) is 0 Å². The molecular formula is C20H22FN3O3. The zero-order valence-electron chi connectivity index (χ0n) is 15.0. The van der Waals surface area contributed by atoms with E-state index in [1.807, 2.05) is 11.0 Å². The second-order valence-electron chi connectivity index (χ2n) is 7.03. The van der Waals surface area contributed by atoms with Crippen molar-refractivity contribution in [3.63, 3.8) is 0 Å². The van der Waals surface area contributed by atoms with Gasteiger partial charge in [0, 0.05) is 38.8 Å². The van der Waals surface area contributed by atoms with E-state index >= 15 is 0 Å². The van der Waals surface area contributed by atoms with Gasteiger partial charge in [0.2, 0.25) is 0 Å². The molecule has 2 aromatic rings. The molecular weight excluding hydrogens is 349 g/mol. The van der Waals surface area contributed by atoms with Gasteiger partial charge in [-0.25, -0.2) is 9.18 Å². The predicted octanol–water partition coefficient (Wildman–Crippen LogP) is 2.96. The van der Waals surface area contributed by atoms with E-state index in [0.717, 1.165) is 18.4 Å². The number of rotatable bonds is 4. The first kappa shape index (κ1) is 17.6. The van der Waals surface area contributed by atoms with Crippen LogP contribution in [0.1, 0.15) is 29.0 Å². The summed E-state index contributed by atoms with van der Waals surface area (Å²) >= 11 is 0. The predicted molar refractivity (Wildman–Crippen MR) is 96.5 cm³/mol. The summed E-state index contributed by atoms with van der Waals surface area (Å²) in [7, 11) is 0. The average Bonchev–Trinajstić information content (AvgIpc) is 3.33. The minimum atomic E-state index is -0.287. The van der Waals surface area contributed by atoms with Crippen LogP contribution in [0, 0.1) is 5.82 Å². The van der Waals surface area contributed by atoms with E-state index in [9.17, 15) is 14.0 Å². The fraction of sp³-hybridized carbons (Fsp3) is 0.400. The van der Waals surface area contributed by atoms with Crippen LogP contribution in [0.25, 0.3) is 0 Å². The van der Waals surface area contributed by atoms with Crippen molar-refractivity contribution in [3.8, 4) is 0 Å². The number of halogens is 1. The van der Waals surface area contributed by atoms with Gasteiger partial charge in [0.1, 0.15) is 5.82 Å². The van der Waals surface area contributed by atoms with Gasteiger partial charge < -0.3 is 19.1 Å². The van der Waals surface area contributed by atoms with Gasteiger partial charge in [0.25, 0.3) is 5.91 Å². The normalized spacial score (nSPS) is 18.4. The molecule has 0 atom stereocenters. The zero-order chi connectivity index (χ0) is 18.8. The largest absolute Gasteiger partial charge is 0.459 e. The van der Waals surface area contributed by atoms with Crippen LogP contribution in [0.15, 0.2) is 47.1 Å². The Hall–Kier alpha value is -2.83. The Morgan fingerprint density at radius 1 is 1.11 bits per heavy atom. The van der Waals surface area contributed by atoms with Gasteiger partial charge in [0.15, 0.2) is 5.76 Å².